The number of hydrogen-bond donors (Lipinski definition) is 1. The number of rotatable bonds is 4. The Morgan fingerprint density at radius 2 is 2.05 bits per heavy atom. The Hall–Kier alpha value is -1.84. The fourth-order valence-corrected chi connectivity index (χ4v) is 2.52. The number of fused-ring (bicyclic) bond motifs is 1. The molecule has 1 aliphatic heterocycles. The average molecular weight is 258 g/mol. The number of benzene rings is 1. The van der Waals surface area contributed by atoms with Crippen molar-refractivity contribution < 1.29 is 9.59 Å². The van der Waals surface area contributed by atoms with E-state index in [0.29, 0.717) is 19.5 Å². The number of para-hydroxylation sites is 1. The number of amides is 2. The molecule has 1 fully saturated rings. The van der Waals surface area contributed by atoms with Crippen molar-refractivity contribution in [3.8, 4) is 0 Å². The van der Waals surface area contributed by atoms with E-state index in [1.54, 1.807) is 4.90 Å². The topological polar surface area (TPSA) is 49.4 Å². The van der Waals surface area contributed by atoms with Crippen LogP contribution in [0.15, 0.2) is 24.3 Å². The van der Waals surface area contributed by atoms with E-state index in [4.69, 9.17) is 0 Å². The van der Waals surface area contributed by atoms with Crippen molar-refractivity contribution >= 4 is 17.5 Å². The van der Waals surface area contributed by atoms with Crippen molar-refractivity contribution in [3.63, 3.8) is 0 Å². The molecule has 4 heteroatoms. The third-order valence-electron chi connectivity index (χ3n) is 3.77. The molecular formula is C15H18N2O2. The predicted octanol–water partition coefficient (Wildman–Crippen LogP) is 1.49. The van der Waals surface area contributed by atoms with E-state index in [9.17, 15) is 9.59 Å². The van der Waals surface area contributed by atoms with E-state index >= 15 is 0 Å². The first-order chi connectivity index (χ1) is 9.25. The summed E-state index contributed by atoms with van der Waals surface area (Å²) in [5.74, 6) is 0.515. The Bertz CT molecular complexity index is 509. The van der Waals surface area contributed by atoms with Crippen LogP contribution in [0.25, 0.3) is 0 Å². The van der Waals surface area contributed by atoms with Crippen LogP contribution in [-0.2, 0) is 16.0 Å². The second kappa shape index (κ2) is 5.03. The summed E-state index contributed by atoms with van der Waals surface area (Å²) in [5.41, 5.74) is 2.22. The van der Waals surface area contributed by atoms with Crippen LogP contribution in [0.3, 0.4) is 0 Å². The summed E-state index contributed by atoms with van der Waals surface area (Å²) in [6.45, 7) is 1.10. The van der Waals surface area contributed by atoms with E-state index in [0.717, 1.165) is 24.9 Å². The van der Waals surface area contributed by atoms with Crippen molar-refractivity contribution in [2.45, 2.75) is 25.7 Å². The monoisotopic (exact) mass is 258 g/mol. The highest BCUT2D eigenvalue weighted by atomic mass is 16.2. The smallest absolute Gasteiger partial charge is 0.227 e. The zero-order valence-corrected chi connectivity index (χ0v) is 10.9. The predicted molar refractivity (Wildman–Crippen MR) is 72.8 cm³/mol. The van der Waals surface area contributed by atoms with Crippen LogP contribution in [0.1, 0.15) is 24.8 Å². The summed E-state index contributed by atoms with van der Waals surface area (Å²) in [6.07, 6.45) is 3.40. The van der Waals surface area contributed by atoms with Crippen molar-refractivity contribution in [2.24, 2.45) is 5.92 Å². The number of anilines is 1. The number of aryl methyl sites for hydroxylation is 1. The molecule has 2 aliphatic rings. The molecule has 4 nitrogen and oxygen atoms in total. The molecule has 1 aromatic carbocycles. The SMILES string of the molecule is O=C(NCCN1C(=O)CCc2ccccc21)C1CC1. The lowest BCUT2D eigenvalue weighted by atomic mass is 10.0. The first-order valence-corrected chi connectivity index (χ1v) is 6.91. The molecule has 19 heavy (non-hydrogen) atoms. The molecule has 0 bridgehead atoms. The Labute approximate surface area is 112 Å². The molecule has 1 heterocycles. The van der Waals surface area contributed by atoms with Crippen LogP contribution < -0.4 is 10.2 Å². The summed E-state index contributed by atoms with van der Waals surface area (Å²) in [5, 5.41) is 2.91. The molecule has 0 unspecified atom stereocenters. The molecule has 0 aromatic heterocycles. The van der Waals surface area contributed by atoms with Crippen molar-refractivity contribution in [1.82, 2.24) is 5.32 Å². The van der Waals surface area contributed by atoms with Gasteiger partial charge in [0.25, 0.3) is 0 Å². The highest BCUT2D eigenvalue weighted by Crippen LogP contribution is 2.29. The lowest BCUT2D eigenvalue weighted by molar-refractivity contribution is -0.122. The molecule has 0 atom stereocenters. The third-order valence-corrected chi connectivity index (χ3v) is 3.77. The first kappa shape index (κ1) is 12.2. The second-order valence-electron chi connectivity index (χ2n) is 5.24. The molecule has 0 radical (unpaired) electrons. The zero-order valence-electron chi connectivity index (χ0n) is 10.9. The molecule has 1 aromatic rings. The van der Waals surface area contributed by atoms with Crippen LogP contribution in [0.5, 0.6) is 0 Å². The Kier molecular flexibility index (Phi) is 3.23. The highest BCUT2D eigenvalue weighted by molar-refractivity contribution is 5.96. The standard InChI is InChI=1S/C15H18N2O2/c18-14-8-7-11-3-1-2-4-13(11)17(14)10-9-16-15(19)12-5-6-12/h1-4,12H,5-10H2,(H,16,19). The van der Waals surface area contributed by atoms with Gasteiger partial charge in [-0.3, -0.25) is 9.59 Å². The van der Waals surface area contributed by atoms with Gasteiger partial charge in [0.2, 0.25) is 11.8 Å². The molecule has 1 saturated carbocycles. The maximum absolute atomic E-state index is 12.0. The van der Waals surface area contributed by atoms with Gasteiger partial charge < -0.3 is 10.2 Å². The first-order valence-electron chi connectivity index (χ1n) is 6.91. The van der Waals surface area contributed by atoms with Crippen LogP contribution >= 0.6 is 0 Å². The molecule has 3 rings (SSSR count). The molecule has 1 N–H and O–H groups in total. The van der Waals surface area contributed by atoms with E-state index in [1.807, 2.05) is 18.2 Å². The fourth-order valence-electron chi connectivity index (χ4n) is 2.52. The fraction of sp³-hybridized carbons (Fsp3) is 0.467. The van der Waals surface area contributed by atoms with E-state index in [-0.39, 0.29) is 17.7 Å². The number of carbonyl (C=O) groups is 2. The lowest BCUT2D eigenvalue weighted by Crippen LogP contribution is -2.41. The average Bonchev–Trinajstić information content (AvgIpc) is 3.25. The van der Waals surface area contributed by atoms with Crippen LogP contribution in [0.2, 0.25) is 0 Å². The summed E-state index contributed by atoms with van der Waals surface area (Å²) >= 11 is 0. The molecule has 1 aliphatic carbocycles. The van der Waals surface area contributed by atoms with Gasteiger partial charge in [0.05, 0.1) is 0 Å². The van der Waals surface area contributed by atoms with Gasteiger partial charge in [-0.2, -0.15) is 0 Å². The Morgan fingerprint density at radius 1 is 1.26 bits per heavy atom. The van der Waals surface area contributed by atoms with Crippen molar-refractivity contribution in [1.29, 1.82) is 0 Å². The minimum atomic E-state index is 0.137. The maximum Gasteiger partial charge on any atom is 0.227 e. The van der Waals surface area contributed by atoms with Gasteiger partial charge in [-0.1, -0.05) is 18.2 Å². The minimum Gasteiger partial charge on any atom is -0.354 e. The van der Waals surface area contributed by atoms with Gasteiger partial charge in [-0.05, 0) is 30.9 Å². The van der Waals surface area contributed by atoms with Gasteiger partial charge in [0.1, 0.15) is 0 Å². The number of carbonyl (C=O) groups excluding carboxylic acids is 2. The zero-order chi connectivity index (χ0) is 13.2. The van der Waals surface area contributed by atoms with Gasteiger partial charge >= 0.3 is 0 Å². The molecule has 2 amide bonds. The number of nitrogens with one attached hydrogen (secondary N) is 1. The molecule has 0 spiro atoms. The number of nitrogens with zero attached hydrogens (tertiary/aromatic N) is 1. The summed E-state index contributed by atoms with van der Waals surface area (Å²) in [6, 6.07) is 8.00. The molecule has 0 saturated heterocycles. The van der Waals surface area contributed by atoms with E-state index < -0.39 is 0 Å². The summed E-state index contributed by atoms with van der Waals surface area (Å²) < 4.78 is 0. The van der Waals surface area contributed by atoms with Gasteiger partial charge in [0.15, 0.2) is 0 Å². The Balaban J connectivity index is 1.62. The Morgan fingerprint density at radius 3 is 2.84 bits per heavy atom. The van der Waals surface area contributed by atoms with Crippen molar-refractivity contribution in [2.75, 3.05) is 18.0 Å². The normalized spacial score (nSPS) is 18.1. The largest absolute Gasteiger partial charge is 0.354 e. The highest BCUT2D eigenvalue weighted by Gasteiger charge is 2.29. The quantitative estimate of drug-likeness (QED) is 0.889. The third kappa shape index (κ3) is 2.62. The molecular weight excluding hydrogens is 240 g/mol. The van der Waals surface area contributed by atoms with E-state index in [1.165, 1.54) is 5.56 Å². The summed E-state index contributed by atoms with van der Waals surface area (Å²) in [4.78, 5) is 25.3. The van der Waals surface area contributed by atoms with Gasteiger partial charge in [-0.25, -0.2) is 0 Å². The minimum absolute atomic E-state index is 0.137. The van der Waals surface area contributed by atoms with Crippen molar-refractivity contribution in [3.05, 3.63) is 29.8 Å². The second-order valence-corrected chi connectivity index (χ2v) is 5.24. The van der Waals surface area contributed by atoms with E-state index in [2.05, 4.69) is 11.4 Å². The van der Waals surface area contributed by atoms with Crippen LogP contribution in [0.4, 0.5) is 5.69 Å². The molecule has 100 valence electrons. The van der Waals surface area contributed by atoms with Crippen LogP contribution in [-0.4, -0.2) is 24.9 Å². The van der Waals surface area contributed by atoms with Gasteiger partial charge in [0, 0.05) is 31.1 Å². The lowest BCUT2D eigenvalue weighted by Gasteiger charge is -2.29. The number of hydrogen-bond acceptors (Lipinski definition) is 2. The maximum atomic E-state index is 12.0. The van der Waals surface area contributed by atoms with Crippen LogP contribution in [0, 0.1) is 5.92 Å². The van der Waals surface area contributed by atoms with Gasteiger partial charge in [-0.15, -0.1) is 0 Å². The summed E-state index contributed by atoms with van der Waals surface area (Å²) in [7, 11) is 0.